The highest BCUT2D eigenvalue weighted by Crippen LogP contribution is 2.13. The maximum Gasteiger partial charge on any atom is 0.241 e. The predicted molar refractivity (Wildman–Crippen MR) is 108 cm³/mol. The summed E-state index contributed by atoms with van der Waals surface area (Å²) in [6.45, 7) is 4.69. The fraction of sp³-hybridized carbons (Fsp3) is 0.333. The predicted octanol–water partition coefficient (Wildman–Crippen LogP) is 2.55. The molecular weight excluding hydrogens is 378 g/mol. The minimum atomic E-state index is -0.351. The number of benzene rings is 2. The van der Waals surface area contributed by atoms with E-state index < -0.39 is 0 Å². The first-order chi connectivity index (χ1) is 13.9. The van der Waals surface area contributed by atoms with Crippen molar-refractivity contribution in [2.24, 2.45) is 0 Å². The van der Waals surface area contributed by atoms with Gasteiger partial charge in [-0.15, -0.1) is 0 Å². The molecule has 8 heteroatoms. The van der Waals surface area contributed by atoms with Crippen LogP contribution in [0.15, 0.2) is 48.5 Å². The van der Waals surface area contributed by atoms with Crippen LogP contribution in [0.3, 0.4) is 0 Å². The monoisotopic (exact) mass is 402 g/mol. The lowest BCUT2D eigenvalue weighted by Crippen LogP contribution is -2.53. The van der Waals surface area contributed by atoms with Crippen molar-refractivity contribution >= 4 is 23.2 Å². The van der Waals surface area contributed by atoms with Gasteiger partial charge >= 0.3 is 0 Å². The molecule has 0 aliphatic carbocycles. The first-order valence-corrected chi connectivity index (χ1v) is 9.49. The molecule has 1 fully saturated rings. The molecule has 1 atom stereocenters. The highest BCUT2D eigenvalue weighted by molar-refractivity contribution is 5.94. The fourth-order valence-corrected chi connectivity index (χ4v) is 3.19. The molecule has 2 N–H and O–H groups in total. The van der Waals surface area contributed by atoms with Crippen molar-refractivity contribution in [3.8, 4) is 0 Å². The molecule has 1 aliphatic rings. The van der Waals surface area contributed by atoms with Gasteiger partial charge in [0.05, 0.1) is 12.6 Å². The molecular formula is C21H24F2N4O2. The number of nitrogens with zero attached hydrogens (tertiary/aromatic N) is 2. The van der Waals surface area contributed by atoms with Crippen LogP contribution in [0.1, 0.15) is 6.92 Å². The third kappa shape index (κ3) is 6.07. The summed E-state index contributed by atoms with van der Waals surface area (Å²) >= 11 is 0. The normalized spacial score (nSPS) is 16.2. The number of carbonyl (C=O) groups is 2. The van der Waals surface area contributed by atoms with Crippen LogP contribution in [0, 0.1) is 11.6 Å². The van der Waals surface area contributed by atoms with Crippen LogP contribution in [0.25, 0.3) is 0 Å². The molecule has 1 heterocycles. The Balaban J connectivity index is 1.43. The van der Waals surface area contributed by atoms with E-state index in [0.717, 1.165) is 0 Å². The molecule has 3 rings (SSSR count). The van der Waals surface area contributed by atoms with Crippen LogP contribution in [0.5, 0.6) is 0 Å². The number of piperazine rings is 1. The van der Waals surface area contributed by atoms with Crippen molar-refractivity contribution in [2.45, 2.75) is 13.0 Å². The molecule has 154 valence electrons. The Bertz CT molecular complexity index is 835. The van der Waals surface area contributed by atoms with Crippen molar-refractivity contribution < 1.29 is 18.4 Å². The van der Waals surface area contributed by atoms with Gasteiger partial charge in [0.25, 0.3) is 0 Å². The summed E-state index contributed by atoms with van der Waals surface area (Å²) in [6, 6.07) is 11.0. The Labute approximate surface area is 168 Å². The van der Waals surface area contributed by atoms with E-state index in [0.29, 0.717) is 37.6 Å². The zero-order valence-electron chi connectivity index (χ0n) is 16.2. The van der Waals surface area contributed by atoms with Crippen molar-refractivity contribution in [3.05, 3.63) is 60.2 Å². The second kappa shape index (κ2) is 9.58. The second-order valence-electron chi connectivity index (χ2n) is 7.04. The molecule has 0 spiro atoms. The second-order valence-corrected chi connectivity index (χ2v) is 7.04. The van der Waals surface area contributed by atoms with E-state index >= 15 is 0 Å². The molecule has 0 saturated carbocycles. The molecule has 0 bridgehead atoms. The summed E-state index contributed by atoms with van der Waals surface area (Å²) in [5.41, 5.74) is 1.11. The summed E-state index contributed by atoms with van der Waals surface area (Å²) in [7, 11) is 0. The Morgan fingerprint density at radius 3 is 1.86 bits per heavy atom. The molecule has 2 aromatic rings. The number of hydrogen-bond acceptors (Lipinski definition) is 4. The molecule has 29 heavy (non-hydrogen) atoms. The highest BCUT2D eigenvalue weighted by atomic mass is 19.1. The Hall–Kier alpha value is -2.84. The number of rotatable bonds is 6. The minimum absolute atomic E-state index is 0.154. The fourth-order valence-electron chi connectivity index (χ4n) is 3.19. The third-order valence-corrected chi connectivity index (χ3v) is 4.94. The number of nitrogens with one attached hydrogen (secondary N) is 2. The largest absolute Gasteiger partial charge is 0.325 e. The van der Waals surface area contributed by atoms with Crippen molar-refractivity contribution in [1.82, 2.24) is 9.80 Å². The van der Waals surface area contributed by atoms with Gasteiger partial charge in [-0.2, -0.15) is 0 Å². The smallest absolute Gasteiger partial charge is 0.241 e. The first kappa shape index (κ1) is 20.9. The van der Waals surface area contributed by atoms with Crippen LogP contribution in [-0.4, -0.2) is 60.4 Å². The van der Waals surface area contributed by atoms with Gasteiger partial charge in [0.2, 0.25) is 11.8 Å². The van der Waals surface area contributed by atoms with Crippen molar-refractivity contribution in [3.63, 3.8) is 0 Å². The lowest BCUT2D eigenvalue weighted by atomic mass is 10.2. The number of carbonyl (C=O) groups excluding carboxylic acids is 2. The summed E-state index contributed by atoms with van der Waals surface area (Å²) in [5, 5.41) is 5.54. The van der Waals surface area contributed by atoms with Gasteiger partial charge in [0, 0.05) is 37.6 Å². The van der Waals surface area contributed by atoms with Crippen molar-refractivity contribution in [2.75, 3.05) is 43.4 Å². The molecule has 2 aromatic carbocycles. The van der Waals surface area contributed by atoms with E-state index in [4.69, 9.17) is 0 Å². The Morgan fingerprint density at radius 1 is 0.862 bits per heavy atom. The molecule has 0 radical (unpaired) electrons. The lowest BCUT2D eigenvalue weighted by Gasteiger charge is -2.37. The maximum atomic E-state index is 13.0. The summed E-state index contributed by atoms with van der Waals surface area (Å²) in [5.74, 6) is -1.02. The average molecular weight is 402 g/mol. The zero-order chi connectivity index (χ0) is 20.8. The molecule has 0 aromatic heterocycles. The number of amides is 2. The number of halogens is 2. The SMILES string of the molecule is C[C@H](C(=O)Nc1ccc(F)cc1)N1CCN(CC(=O)Nc2ccc(F)cc2)CC1. The number of anilines is 2. The van der Waals surface area contributed by atoms with Gasteiger partial charge < -0.3 is 10.6 Å². The number of hydrogen-bond donors (Lipinski definition) is 2. The van der Waals surface area contributed by atoms with Gasteiger partial charge in [-0.25, -0.2) is 8.78 Å². The van der Waals surface area contributed by atoms with Gasteiger partial charge in [-0.05, 0) is 55.5 Å². The summed E-state index contributed by atoms with van der Waals surface area (Å²) in [4.78, 5) is 28.7. The standard InChI is InChI=1S/C21H24F2N4O2/c1-15(21(29)25-19-8-4-17(23)5-9-19)27-12-10-26(11-13-27)14-20(28)24-18-6-2-16(22)3-7-18/h2-9,15H,10-14H2,1H3,(H,24,28)(H,25,29)/t15-/m1/s1. The molecule has 6 nitrogen and oxygen atoms in total. The maximum absolute atomic E-state index is 13.0. The van der Waals surface area contributed by atoms with E-state index in [1.165, 1.54) is 48.5 Å². The van der Waals surface area contributed by atoms with E-state index in [2.05, 4.69) is 10.6 Å². The minimum Gasteiger partial charge on any atom is -0.325 e. The lowest BCUT2D eigenvalue weighted by molar-refractivity contribution is -0.122. The van der Waals surface area contributed by atoms with Crippen LogP contribution >= 0.6 is 0 Å². The summed E-state index contributed by atoms with van der Waals surface area (Å²) in [6.07, 6.45) is 0. The van der Waals surface area contributed by atoms with Gasteiger partial charge in [0.15, 0.2) is 0 Å². The van der Waals surface area contributed by atoms with E-state index in [9.17, 15) is 18.4 Å². The van der Waals surface area contributed by atoms with Crippen molar-refractivity contribution in [1.29, 1.82) is 0 Å². The van der Waals surface area contributed by atoms with Crippen LogP contribution in [0.2, 0.25) is 0 Å². The van der Waals surface area contributed by atoms with Gasteiger partial charge in [-0.3, -0.25) is 19.4 Å². The van der Waals surface area contributed by atoms with Crippen LogP contribution in [-0.2, 0) is 9.59 Å². The van der Waals surface area contributed by atoms with E-state index in [-0.39, 0.29) is 36.0 Å². The summed E-state index contributed by atoms with van der Waals surface area (Å²) < 4.78 is 25.9. The molecule has 0 unspecified atom stereocenters. The van der Waals surface area contributed by atoms with Crippen LogP contribution in [0.4, 0.5) is 20.2 Å². The molecule has 1 saturated heterocycles. The van der Waals surface area contributed by atoms with E-state index in [1.807, 2.05) is 16.7 Å². The van der Waals surface area contributed by atoms with Gasteiger partial charge in [0.1, 0.15) is 11.6 Å². The first-order valence-electron chi connectivity index (χ1n) is 9.49. The average Bonchev–Trinajstić information content (AvgIpc) is 2.71. The van der Waals surface area contributed by atoms with Crippen LogP contribution < -0.4 is 10.6 Å². The Kier molecular flexibility index (Phi) is 6.90. The topological polar surface area (TPSA) is 64.7 Å². The zero-order valence-corrected chi connectivity index (χ0v) is 16.2. The Morgan fingerprint density at radius 2 is 1.34 bits per heavy atom. The third-order valence-electron chi connectivity index (χ3n) is 4.94. The van der Waals surface area contributed by atoms with E-state index in [1.54, 1.807) is 0 Å². The molecule has 1 aliphatic heterocycles. The van der Waals surface area contributed by atoms with Gasteiger partial charge in [-0.1, -0.05) is 0 Å². The highest BCUT2D eigenvalue weighted by Gasteiger charge is 2.26. The molecule has 2 amide bonds. The quantitative estimate of drug-likeness (QED) is 0.780.